The number of aliphatic hydroxyl groups excluding tert-OH is 1. The molecule has 0 bridgehead atoms. The molecule has 3 N–H and O–H groups in total. The van der Waals surface area contributed by atoms with Gasteiger partial charge in [-0.2, -0.15) is 0 Å². The zero-order valence-electron chi connectivity index (χ0n) is 16.7. The third-order valence-electron chi connectivity index (χ3n) is 6.47. The summed E-state index contributed by atoms with van der Waals surface area (Å²) >= 11 is 0. The monoisotopic (exact) mass is 406 g/mol. The minimum absolute atomic E-state index is 0.0251. The lowest BCUT2D eigenvalue weighted by Crippen LogP contribution is -2.36. The molecular weight excluding hydrogens is 380 g/mol. The van der Waals surface area contributed by atoms with Gasteiger partial charge in [0.15, 0.2) is 0 Å². The molecule has 4 atom stereocenters. The molecule has 0 spiro atoms. The van der Waals surface area contributed by atoms with E-state index in [4.69, 9.17) is 4.74 Å². The molecule has 2 aliphatic rings. The number of hydrogen-bond donors (Lipinski definition) is 3. The third kappa shape index (κ3) is 3.74. The highest BCUT2D eigenvalue weighted by Crippen LogP contribution is 2.43. The van der Waals surface area contributed by atoms with E-state index < -0.39 is 11.7 Å². The summed E-state index contributed by atoms with van der Waals surface area (Å²) in [6.07, 6.45) is 0.807. The number of fused-ring (bicyclic) bond motifs is 2. The van der Waals surface area contributed by atoms with E-state index in [1.54, 1.807) is 6.07 Å². The van der Waals surface area contributed by atoms with Crippen molar-refractivity contribution in [2.75, 3.05) is 19.6 Å². The number of aromatic amines is 1. The van der Waals surface area contributed by atoms with E-state index in [0.717, 1.165) is 35.2 Å². The molecule has 1 aliphatic carbocycles. The zero-order chi connectivity index (χ0) is 20.7. The van der Waals surface area contributed by atoms with Crippen molar-refractivity contribution in [2.24, 2.45) is 5.92 Å². The highest BCUT2D eigenvalue weighted by atomic mass is 16.5. The van der Waals surface area contributed by atoms with E-state index in [2.05, 4.69) is 9.88 Å². The normalized spacial score (nSPS) is 27.3. The number of aliphatic hydroxyl groups is 2. The fourth-order valence-electron chi connectivity index (χ4n) is 5.03. The van der Waals surface area contributed by atoms with Crippen molar-refractivity contribution in [1.29, 1.82) is 0 Å². The second kappa shape index (κ2) is 7.54. The summed E-state index contributed by atoms with van der Waals surface area (Å²) in [6.45, 7) is 1.77. The largest absolute Gasteiger partial charge is 0.490 e. The average molecular weight is 406 g/mol. The van der Waals surface area contributed by atoms with Crippen molar-refractivity contribution >= 4 is 10.9 Å². The number of β-amino-alcohol motifs (C(OH)–C–C–N with tert-alkyl or cyclic N) is 2. The molecule has 1 aromatic heterocycles. The van der Waals surface area contributed by atoms with Gasteiger partial charge in [0.1, 0.15) is 11.9 Å². The molecule has 2 fully saturated rings. The molecule has 1 aliphatic heterocycles. The average Bonchev–Trinajstić information content (AvgIpc) is 3.18. The number of H-pyrrole nitrogens is 1. The maximum Gasteiger partial charge on any atom is 0.248 e. The van der Waals surface area contributed by atoms with Crippen molar-refractivity contribution in [3.05, 3.63) is 76.6 Å². The van der Waals surface area contributed by atoms with Crippen molar-refractivity contribution in [1.82, 2.24) is 9.88 Å². The highest BCUT2D eigenvalue weighted by Gasteiger charge is 2.52. The van der Waals surface area contributed by atoms with Gasteiger partial charge in [0.05, 0.1) is 11.7 Å². The standard InChI is InChI=1S/C24H26N2O4/c27-22(17-6-8-21-16(10-17)7-9-23(28)25-21)14-26-13-18-11-20(12-24(18,29)15-26)30-19-4-2-1-3-5-19/h1-10,18,20,22,27,29H,11-15H2,(H,25,28)/t18-,20+,22?,24-/m1/s1. The number of ether oxygens (including phenoxy) is 1. The molecule has 1 saturated heterocycles. The number of para-hydroxylation sites is 1. The molecule has 1 unspecified atom stereocenters. The van der Waals surface area contributed by atoms with Crippen LogP contribution < -0.4 is 10.3 Å². The van der Waals surface area contributed by atoms with E-state index in [1.165, 1.54) is 6.07 Å². The number of benzene rings is 2. The molecular formula is C24H26N2O4. The maximum atomic E-state index is 11.4. The lowest BCUT2D eigenvalue weighted by atomic mass is 9.95. The van der Waals surface area contributed by atoms with Crippen molar-refractivity contribution in [3.63, 3.8) is 0 Å². The topological polar surface area (TPSA) is 85.8 Å². The van der Waals surface area contributed by atoms with Gasteiger partial charge in [-0.25, -0.2) is 0 Å². The van der Waals surface area contributed by atoms with Crippen LogP contribution in [-0.2, 0) is 0 Å². The van der Waals surface area contributed by atoms with Gasteiger partial charge in [-0.15, -0.1) is 0 Å². The Hall–Kier alpha value is -2.67. The third-order valence-corrected chi connectivity index (χ3v) is 6.47. The Morgan fingerprint density at radius 1 is 1.17 bits per heavy atom. The van der Waals surface area contributed by atoms with Crippen LogP contribution in [-0.4, -0.2) is 51.4 Å². The molecule has 2 heterocycles. The summed E-state index contributed by atoms with van der Waals surface area (Å²) in [6, 6.07) is 18.6. The van der Waals surface area contributed by atoms with Crippen LogP contribution in [0.5, 0.6) is 5.75 Å². The molecule has 30 heavy (non-hydrogen) atoms. The molecule has 0 amide bonds. The maximum absolute atomic E-state index is 11.4. The smallest absolute Gasteiger partial charge is 0.248 e. The summed E-state index contributed by atoms with van der Waals surface area (Å²) in [5.74, 6) is 0.996. The minimum atomic E-state index is -0.762. The van der Waals surface area contributed by atoms with Gasteiger partial charge in [0, 0.05) is 43.6 Å². The van der Waals surface area contributed by atoms with E-state index in [-0.39, 0.29) is 17.6 Å². The highest BCUT2D eigenvalue weighted by molar-refractivity contribution is 5.79. The number of aromatic nitrogens is 1. The lowest BCUT2D eigenvalue weighted by Gasteiger charge is -2.25. The number of nitrogens with zero attached hydrogens (tertiary/aromatic N) is 1. The van der Waals surface area contributed by atoms with Crippen LogP contribution in [0.25, 0.3) is 10.9 Å². The summed E-state index contributed by atoms with van der Waals surface area (Å²) in [4.78, 5) is 16.4. The SMILES string of the molecule is O=c1ccc2cc(C(O)CN3C[C@H]4C[C@H](Oc5ccccc5)C[C@@]4(O)C3)ccc2[nH]1. The van der Waals surface area contributed by atoms with Crippen LogP contribution >= 0.6 is 0 Å². The van der Waals surface area contributed by atoms with Crippen LogP contribution in [0, 0.1) is 5.92 Å². The molecule has 2 aromatic carbocycles. The van der Waals surface area contributed by atoms with Crippen LogP contribution in [0.4, 0.5) is 0 Å². The van der Waals surface area contributed by atoms with Gasteiger partial charge in [-0.05, 0) is 47.7 Å². The van der Waals surface area contributed by atoms with Crippen molar-refractivity contribution in [2.45, 2.75) is 30.7 Å². The first-order valence-electron chi connectivity index (χ1n) is 10.5. The molecule has 6 heteroatoms. The molecule has 5 rings (SSSR count). The number of rotatable bonds is 5. The fourth-order valence-corrected chi connectivity index (χ4v) is 5.03. The number of hydrogen-bond acceptors (Lipinski definition) is 5. The summed E-state index contributed by atoms with van der Waals surface area (Å²) in [5, 5.41) is 22.8. The Kier molecular flexibility index (Phi) is 4.85. The predicted octanol–water partition coefficient (Wildman–Crippen LogP) is 2.47. The van der Waals surface area contributed by atoms with Crippen LogP contribution in [0.15, 0.2) is 65.5 Å². The summed E-state index contributed by atoms with van der Waals surface area (Å²) in [7, 11) is 0. The Labute approximate surface area is 174 Å². The Bertz CT molecular complexity index is 1100. The second-order valence-electron chi connectivity index (χ2n) is 8.67. The number of pyridine rings is 1. The Morgan fingerprint density at radius 2 is 2.00 bits per heavy atom. The van der Waals surface area contributed by atoms with Crippen LogP contribution in [0.2, 0.25) is 0 Å². The van der Waals surface area contributed by atoms with Gasteiger partial charge in [-0.1, -0.05) is 24.3 Å². The van der Waals surface area contributed by atoms with Gasteiger partial charge >= 0.3 is 0 Å². The predicted molar refractivity (Wildman–Crippen MR) is 115 cm³/mol. The molecule has 0 radical (unpaired) electrons. The van der Waals surface area contributed by atoms with Crippen molar-refractivity contribution in [3.8, 4) is 5.75 Å². The van der Waals surface area contributed by atoms with Gasteiger partial charge in [0.25, 0.3) is 0 Å². The van der Waals surface area contributed by atoms with Gasteiger partial charge in [0.2, 0.25) is 5.56 Å². The van der Waals surface area contributed by atoms with Crippen molar-refractivity contribution < 1.29 is 14.9 Å². The Balaban J connectivity index is 1.22. The first kappa shape index (κ1) is 19.3. The van der Waals surface area contributed by atoms with E-state index in [0.29, 0.717) is 19.5 Å². The van der Waals surface area contributed by atoms with Gasteiger partial charge in [-0.3, -0.25) is 9.69 Å². The van der Waals surface area contributed by atoms with E-state index in [9.17, 15) is 15.0 Å². The second-order valence-corrected chi connectivity index (χ2v) is 8.67. The molecule has 3 aromatic rings. The first-order valence-corrected chi connectivity index (χ1v) is 10.5. The minimum Gasteiger partial charge on any atom is -0.490 e. The van der Waals surface area contributed by atoms with Crippen LogP contribution in [0.3, 0.4) is 0 Å². The van der Waals surface area contributed by atoms with E-state index in [1.807, 2.05) is 48.5 Å². The number of nitrogens with one attached hydrogen (secondary N) is 1. The number of likely N-dealkylation sites (tertiary alicyclic amines) is 1. The van der Waals surface area contributed by atoms with E-state index >= 15 is 0 Å². The summed E-state index contributed by atoms with van der Waals surface area (Å²) in [5.41, 5.74) is 0.668. The zero-order valence-corrected chi connectivity index (χ0v) is 16.7. The molecule has 156 valence electrons. The quantitative estimate of drug-likeness (QED) is 0.606. The van der Waals surface area contributed by atoms with Crippen LogP contribution in [0.1, 0.15) is 24.5 Å². The first-order chi connectivity index (χ1) is 14.5. The lowest BCUT2D eigenvalue weighted by molar-refractivity contribution is 0.0178. The summed E-state index contributed by atoms with van der Waals surface area (Å²) < 4.78 is 6.06. The molecule has 1 saturated carbocycles. The Morgan fingerprint density at radius 3 is 2.80 bits per heavy atom. The fraction of sp³-hybridized carbons (Fsp3) is 0.375. The van der Waals surface area contributed by atoms with Gasteiger partial charge < -0.3 is 19.9 Å². The molecule has 6 nitrogen and oxygen atoms in total.